The lowest BCUT2D eigenvalue weighted by Gasteiger charge is -2.30. The quantitative estimate of drug-likeness (QED) is 0.772. The number of hydrogen-bond acceptors (Lipinski definition) is 2. The van der Waals surface area contributed by atoms with Crippen molar-refractivity contribution in [2.75, 3.05) is 20.1 Å². The predicted octanol–water partition coefficient (Wildman–Crippen LogP) is 3.66. The lowest BCUT2D eigenvalue weighted by molar-refractivity contribution is 0.251. The van der Waals surface area contributed by atoms with Gasteiger partial charge in [0.2, 0.25) is 0 Å². The maximum atomic E-state index is 4.72. The number of aryl methyl sites for hydroxylation is 2. The summed E-state index contributed by atoms with van der Waals surface area (Å²) in [7, 11) is 2.22. The van der Waals surface area contributed by atoms with E-state index in [2.05, 4.69) is 44.0 Å². The highest BCUT2D eigenvalue weighted by Gasteiger charge is 2.21. The molecular weight excluding hydrogens is 232 g/mol. The van der Waals surface area contributed by atoms with E-state index in [1.807, 2.05) is 6.20 Å². The van der Waals surface area contributed by atoms with Crippen LogP contribution >= 0.6 is 0 Å². The van der Waals surface area contributed by atoms with Gasteiger partial charge in [0.25, 0.3) is 0 Å². The Morgan fingerprint density at radius 3 is 2.89 bits per heavy atom. The minimum atomic E-state index is 0.636. The molecule has 1 aliphatic heterocycles. The first kappa shape index (κ1) is 12.6. The van der Waals surface area contributed by atoms with Gasteiger partial charge in [-0.25, -0.2) is 0 Å². The van der Waals surface area contributed by atoms with Gasteiger partial charge >= 0.3 is 0 Å². The topological polar surface area (TPSA) is 16.1 Å². The van der Waals surface area contributed by atoms with Crippen LogP contribution in [-0.4, -0.2) is 30.0 Å². The van der Waals surface area contributed by atoms with E-state index in [0.717, 1.165) is 6.54 Å². The highest BCUT2D eigenvalue weighted by molar-refractivity contribution is 5.85. The van der Waals surface area contributed by atoms with E-state index in [1.165, 1.54) is 47.0 Å². The number of likely N-dealkylation sites (tertiary alicyclic amines) is 1. The number of fused-ring (bicyclic) bond motifs is 1. The van der Waals surface area contributed by atoms with Crippen LogP contribution in [0.4, 0.5) is 0 Å². The van der Waals surface area contributed by atoms with Crippen LogP contribution in [0.3, 0.4) is 0 Å². The van der Waals surface area contributed by atoms with Crippen LogP contribution in [0.25, 0.3) is 10.9 Å². The molecular formula is C17H22N2. The Bertz CT molecular complexity index is 603. The molecule has 1 atom stereocenters. The Labute approximate surface area is 115 Å². The summed E-state index contributed by atoms with van der Waals surface area (Å²) in [5, 5.41) is 1.32. The van der Waals surface area contributed by atoms with Crippen molar-refractivity contribution < 1.29 is 0 Å². The van der Waals surface area contributed by atoms with E-state index in [-0.39, 0.29) is 0 Å². The average molecular weight is 254 g/mol. The number of aromatic nitrogens is 1. The largest absolute Gasteiger partial charge is 0.306 e. The molecule has 0 N–H and O–H groups in total. The zero-order chi connectivity index (χ0) is 13.4. The fraction of sp³-hybridized carbons (Fsp3) is 0.471. The molecule has 0 spiro atoms. The van der Waals surface area contributed by atoms with Gasteiger partial charge in [-0.1, -0.05) is 12.1 Å². The van der Waals surface area contributed by atoms with Crippen LogP contribution in [0.15, 0.2) is 24.4 Å². The second kappa shape index (κ2) is 4.93. The summed E-state index contributed by atoms with van der Waals surface area (Å²) in [4.78, 5) is 7.16. The van der Waals surface area contributed by atoms with Crippen LogP contribution in [0.5, 0.6) is 0 Å². The van der Waals surface area contributed by atoms with Gasteiger partial charge in [-0.05, 0) is 69.0 Å². The van der Waals surface area contributed by atoms with E-state index >= 15 is 0 Å². The van der Waals surface area contributed by atoms with Gasteiger partial charge in [-0.15, -0.1) is 0 Å². The Hall–Kier alpha value is -1.41. The molecule has 3 rings (SSSR count). The molecule has 2 nitrogen and oxygen atoms in total. The summed E-state index contributed by atoms with van der Waals surface area (Å²) < 4.78 is 0. The van der Waals surface area contributed by atoms with E-state index in [1.54, 1.807) is 0 Å². The number of likely N-dealkylation sites (N-methyl/N-ethyl adjacent to an activating group) is 1. The van der Waals surface area contributed by atoms with Gasteiger partial charge in [0.1, 0.15) is 0 Å². The maximum absolute atomic E-state index is 4.72. The molecule has 2 heterocycles. The summed E-state index contributed by atoms with van der Waals surface area (Å²) in [6.45, 7) is 6.69. The fourth-order valence-corrected chi connectivity index (χ4v) is 3.23. The number of pyridine rings is 1. The molecule has 1 saturated heterocycles. The van der Waals surface area contributed by atoms with Crippen molar-refractivity contribution in [3.05, 3.63) is 41.1 Å². The average Bonchev–Trinajstić information content (AvgIpc) is 2.40. The molecule has 1 aromatic heterocycles. The van der Waals surface area contributed by atoms with E-state index < -0.39 is 0 Å². The van der Waals surface area contributed by atoms with Gasteiger partial charge < -0.3 is 4.90 Å². The summed E-state index contributed by atoms with van der Waals surface area (Å²) in [5.74, 6) is 0.636. The minimum absolute atomic E-state index is 0.636. The van der Waals surface area contributed by atoms with Gasteiger partial charge in [0, 0.05) is 18.1 Å². The van der Waals surface area contributed by atoms with Crippen molar-refractivity contribution in [2.45, 2.75) is 32.6 Å². The molecule has 1 aliphatic rings. The Balaban J connectivity index is 2.11. The van der Waals surface area contributed by atoms with Crippen molar-refractivity contribution in [1.82, 2.24) is 9.88 Å². The van der Waals surface area contributed by atoms with E-state index in [0.29, 0.717) is 5.92 Å². The molecule has 100 valence electrons. The SMILES string of the molecule is Cc1cnc2c(C3CCCN(C)C3)ccc(C)c2c1. The van der Waals surface area contributed by atoms with Crippen LogP contribution in [0, 0.1) is 13.8 Å². The Kier molecular flexibility index (Phi) is 3.28. The minimum Gasteiger partial charge on any atom is -0.306 e. The van der Waals surface area contributed by atoms with E-state index in [9.17, 15) is 0 Å². The smallest absolute Gasteiger partial charge is 0.0740 e. The van der Waals surface area contributed by atoms with Crippen molar-refractivity contribution in [3.63, 3.8) is 0 Å². The number of piperidine rings is 1. The molecule has 0 bridgehead atoms. The lowest BCUT2D eigenvalue weighted by Crippen LogP contribution is -2.30. The third-order valence-corrected chi connectivity index (χ3v) is 4.30. The van der Waals surface area contributed by atoms with Gasteiger partial charge in [-0.3, -0.25) is 4.98 Å². The number of benzene rings is 1. The van der Waals surface area contributed by atoms with Crippen molar-refractivity contribution in [1.29, 1.82) is 0 Å². The standard InChI is InChI=1S/C17H22N2/c1-12-9-16-13(2)6-7-15(17(16)18-10-12)14-5-4-8-19(3)11-14/h6-7,9-10,14H,4-5,8,11H2,1-3H3. The molecule has 0 saturated carbocycles. The molecule has 0 radical (unpaired) electrons. The molecule has 1 fully saturated rings. The predicted molar refractivity (Wildman–Crippen MR) is 80.7 cm³/mol. The molecule has 19 heavy (non-hydrogen) atoms. The number of hydrogen-bond donors (Lipinski definition) is 0. The second-order valence-corrected chi connectivity index (χ2v) is 5.98. The summed E-state index contributed by atoms with van der Waals surface area (Å²) in [5.41, 5.74) is 5.23. The fourth-order valence-electron chi connectivity index (χ4n) is 3.23. The first-order chi connectivity index (χ1) is 9.15. The third-order valence-electron chi connectivity index (χ3n) is 4.30. The highest BCUT2D eigenvalue weighted by atomic mass is 15.1. The summed E-state index contributed by atoms with van der Waals surface area (Å²) in [6.07, 6.45) is 4.58. The normalized spacial score (nSPS) is 20.9. The zero-order valence-electron chi connectivity index (χ0n) is 12.1. The van der Waals surface area contributed by atoms with Crippen molar-refractivity contribution in [2.24, 2.45) is 0 Å². The van der Waals surface area contributed by atoms with Crippen molar-refractivity contribution in [3.8, 4) is 0 Å². The lowest BCUT2D eigenvalue weighted by atomic mass is 9.88. The molecule has 0 amide bonds. The van der Waals surface area contributed by atoms with Crippen LogP contribution in [0.1, 0.15) is 35.4 Å². The summed E-state index contributed by atoms with van der Waals surface area (Å²) >= 11 is 0. The first-order valence-corrected chi connectivity index (χ1v) is 7.19. The van der Waals surface area contributed by atoms with Gasteiger partial charge in [-0.2, -0.15) is 0 Å². The first-order valence-electron chi connectivity index (χ1n) is 7.19. The maximum Gasteiger partial charge on any atom is 0.0740 e. The van der Waals surface area contributed by atoms with Crippen molar-refractivity contribution >= 4 is 10.9 Å². The summed E-state index contributed by atoms with van der Waals surface area (Å²) in [6, 6.07) is 6.82. The zero-order valence-corrected chi connectivity index (χ0v) is 12.1. The number of nitrogens with zero attached hydrogens (tertiary/aromatic N) is 2. The van der Waals surface area contributed by atoms with E-state index in [4.69, 9.17) is 4.98 Å². The monoisotopic (exact) mass is 254 g/mol. The number of rotatable bonds is 1. The van der Waals surface area contributed by atoms with Gasteiger partial charge in [0.05, 0.1) is 5.52 Å². The molecule has 0 aliphatic carbocycles. The molecule has 1 aromatic carbocycles. The Morgan fingerprint density at radius 1 is 1.26 bits per heavy atom. The second-order valence-electron chi connectivity index (χ2n) is 5.98. The molecule has 2 aromatic rings. The van der Waals surface area contributed by atoms with Gasteiger partial charge in [0.15, 0.2) is 0 Å². The molecule has 1 unspecified atom stereocenters. The molecule has 2 heteroatoms. The van der Waals surface area contributed by atoms with Crippen LogP contribution in [0.2, 0.25) is 0 Å². The highest BCUT2D eigenvalue weighted by Crippen LogP contribution is 2.32. The third kappa shape index (κ3) is 2.37. The van der Waals surface area contributed by atoms with Crippen LogP contribution < -0.4 is 0 Å². The Morgan fingerprint density at radius 2 is 2.11 bits per heavy atom. The van der Waals surface area contributed by atoms with Crippen LogP contribution in [-0.2, 0) is 0 Å².